The van der Waals surface area contributed by atoms with Gasteiger partial charge in [-0.15, -0.1) is 0 Å². The van der Waals surface area contributed by atoms with Crippen LogP contribution in [0, 0.1) is 11.8 Å². The molecule has 122 valence electrons. The third kappa shape index (κ3) is 4.00. The van der Waals surface area contributed by atoms with Gasteiger partial charge in [-0.05, 0) is 44.6 Å². The molecule has 2 rings (SSSR count). The summed E-state index contributed by atoms with van der Waals surface area (Å²) >= 11 is 0. The molecule has 2 unspecified atom stereocenters. The summed E-state index contributed by atoms with van der Waals surface area (Å²) in [6.45, 7) is 9.91. The van der Waals surface area contributed by atoms with E-state index >= 15 is 0 Å². The summed E-state index contributed by atoms with van der Waals surface area (Å²) in [7, 11) is 2.02. The second-order valence-electron chi connectivity index (χ2n) is 7.89. The third-order valence-electron chi connectivity index (χ3n) is 5.45. The lowest BCUT2D eigenvalue weighted by Gasteiger charge is -2.51. The zero-order chi connectivity index (χ0) is 15.6. The normalized spacial score (nSPS) is 30.0. The van der Waals surface area contributed by atoms with Crippen LogP contribution in [0.4, 0.5) is 0 Å². The van der Waals surface area contributed by atoms with Crippen molar-refractivity contribution in [3.8, 4) is 0 Å². The first-order chi connectivity index (χ1) is 9.90. The lowest BCUT2D eigenvalue weighted by Crippen LogP contribution is -2.57. The van der Waals surface area contributed by atoms with Gasteiger partial charge in [-0.1, -0.05) is 34.1 Å². The van der Waals surface area contributed by atoms with Crippen LogP contribution in [0.5, 0.6) is 0 Å². The molecule has 2 bridgehead atoms. The van der Waals surface area contributed by atoms with E-state index in [1.807, 2.05) is 20.9 Å². The number of hydrogen-bond donors (Lipinski definition) is 0. The zero-order valence-electron chi connectivity index (χ0n) is 14.6. The van der Waals surface area contributed by atoms with E-state index in [2.05, 4.69) is 23.6 Å². The number of rotatable bonds is 5. The van der Waals surface area contributed by atoms with E-state index in [9.17, 15) is 4.79 Å². The fourth-order valence-corrected chi connectivity index (χ4v) is 4.13. The van der Waals surface area contributed by atoms with Crippen LogP contribution < -0.4 is 0 Å². The topological polar surface area (TPSA) is 23.6 Å². The van der Waals surface area contributed by atoms with Crippen LogP contribution in [0.1, 0.15) is 66.2 Å². The first-order valence-corrected chi connectivity index (χ1v) is 8.92. The molecule has 2 aliphatic heterocycles. The van der Waals surface area contributed by atoms with Gasteiger partial charge in [0.25, 0.3) is 0 Å². The fourth-order valence-electron chi connectivity index (χ4n) is 4.13. The number of amides is 1. The van der Waals surface area contributed by atoms with Gasteiger partial charge in [0.15, 0.2) is 0 Å². The molecule has 3 nitrogen and oxygen atoms in total. The van der Waals surface area contributed by atoms with Crippen LogP contribution in [0.2, 0.25) is 0 Å². The van der Waals surface area contributed by atoms with Crippen molar-refractivity contribution < 1.29 is 4.79 Å². The number of nitrogens with zero attached hydrogens (tertiary/aromatic N) is 2. The zero-order valence-corrected chi connectivity index (χ0v) is 14.6. The van der Waals surface area contributed by atoms with E-state index in [0.717, 1.165) is 5.92 Å². The Morgan fingerprint density at radius 1 is 1.14 bits per heavy atom. The minimum atomic E-state index is 0.119. The van der Waals surface area contributed by atoms with E-state index in [-0.39, 0.29) is 5.92 Å². The molecule has 0 N–H and O–H groups in total. The summed E-state index contributed by atoms with van der Waals surface area (Å²) in [6.07, 6.45) is 7.71. The Kier molecular flexibility index (Phi) is 5.70. The SMILES string of the molecule is CC(C)CCN1C2CCCC1CC(N(C)C(=O)C(C)C)C2. The average molecular weight is 294 g/mol. The summed E-state index contributed by atoms with van der Waals surface area (Å²) in [5.74, 6) is 1.22. The molecule has 0 aromatic carbocycles. The van der Waals surface area contributed by atoms with Gasteiger partial charge in [0.2, 0.25) is 5.91 Å². The minimum Gasteiger partial charge on any atom is -0.342 e. The predicted octanol–water partition coefficient (Wildman–Crippen LogP) is 3.53. The molecule has 0 aromatic rings. The monoisotopic (exact) mass is 294 g/mol. The lowest BCUT2D eigenvalue weighted by atomic mass is 9.80. The Bertz CT molecular complexity index is 339. The lowest BCUT2D eigenvalue weighted by molar-refractivity contribution is -0.137. The van der Waals surface area contributed by atoms with E-state index in [4.69, 9.17) is 0 Å². The molecule has 2 fully saturated rings. The van der Waals surface area contributed by atoms with Crippen molar-refractivity contribution in [1.29, 1.82) is 0 Å². The molecule has 2 atom stereocenters. The summed E-state index contributed by atoms with van der Waals surface area (Å²) < 4.78 is 0. The van der Waals surface area contributed by atoms with Gasteiger partial charge in [-0.25, -0.2) is 0 Å². The largest absolute Gasteiger partial charge is 0.342 e. The van der Waals surface area contributed by atoms with E-state index in [1.165, 1.54) is 45.1 Å². The van der Waals surface area contributed by atoms with Gasteiger partial charge in [0, 0.05) is 31.1 Å². The first kappa shape index (κ1) is 16.8. The maximum atomic E-state index is 12.3. The molecule has 0 saturated carbocycles. The number of piperidine rings is 2. The van der Waals surface area contributed by atoms with Gasteiger partial charge >= 0.3 is 0 Å². The molecule has 2 heterocycles. The highest BCUT2D eigenvalue weighted by Gasteiger charge is 2.40. The van der Waals surface area contributed by atoms with Gasteiger partial charge in [0.05, 0.1) is 0 Å². The second-order valence-corrected chi connectivity index (χ2v) is 7.89. The summed E-state index contributed by atoms with van der Waals surface area (Å²) in [6, 6.07) is 1.89. The third-order valence-corrected chi connectivity index (χ3v) is 5.45. The molecule has 2 saturated heterocycles. The maximum absolute atomic E-state index is 12.3. The molecule has 0 aliphatic carbocycles. The minimum absolute atomic E-state index is 0.119. The molecule has 21 heavy (non-hydrogen) atoms. The molecule has 3 heteroatoms. The fraction of sp³-hybridized carbons (Fsp3) is 0.944. The molecule has 0 aromatic heterocycles. The first-order valence-electron chi connectivity index (χ1n) is 8.92. The molecule has 0 radical (unpaired) electrons. The number of carbonyl (C=O) groups is 1. The Balaban J connectivity index is 1.98. The van der Waals surface area contributed by atoms with Gasteiger partial charge in [0.1, 0.15) is 0 Å². The van der Waals surface area contributed by atoms with Crippen LogP contribution in [0.25, 0.3) is 0 Å². The molecular formula is C18H34N2O. The van der Waals surface area contributed by atoms with Crippen molar-refractivity contribution in [3.63, 3.8) is 0 Å². The standard InChI is InChI=1S/C18H34N2O/c1-13(2)9-10-20-15-7-6-8-16(20)12-17(11-15)19(5)18(21)14(3)4/h13-17H,6-12H2,1-5H3. The van der Waals surface area contributed by atoms with Crippen LogP contribution in [0.15, 0.2) is 0 Å². The second kappa shape index (κ2) is 7.13. The van der Waals surface area contributed by atoms with Crippen LogP contribution in [0.3, 0.4) is 0 Å². The number of carbonyl (C=O) groups excluding carboxylic acids is 1. The van der Waals surface area contributed by atoms with Crippen molar-refractivity contribution in [2.24, 2.45) is 11.8 Å². The number of hydrogen-bond acceptors (Lipinski definition) is 2. The van der Waals surface area contributed by atoms with Crippen molar-refractivity contribution in [2.75, 3.05) is 13.6 Å². The Morgan fingerprint density at radius 3 is 2.19 bits per heavy atom. The van der Waals surface area contributed by atoms with Crippen molar-refractivity contribution in [3.05, 3.63) is 0 Å². The molecular weight excluding hydrogens is 260 g/mol. The maximum Gasteiger partial charge on any atom is 0.225 e. The average Bonchev–Trinajstić information content (AvgIpc) is 2.42. The van der Waals surface area contributed by atoms with E-state index < -0.39 is 0 Å². The van der Waals surface area contributed by atoms with Crippen LogP contribution >= 0.6 is 0 Å². The van der Waals surface area contributed by atoms with Gasteiger partial charge in [-0.3, -0.25) is 9.69 Å². The Morgan fingerprint density at radius 2 is 1.71 bits per heavy atom. The molecule has 1 amide bonds. The molecule has 0 spiro atoms. The van der Waals surface area contributed by atoms with E-state index in [0.29, 0.717) is 24.0 Å². The Hall–Kier alpha value is -0.570. The highest BCUT2D eigenvalue weighted by molar-refractivity contribution is 5.78. The van der Waals surface area contributed by atoms with Crippen LogP contribution in [-0.2, 0) is 4.79 Å². The smallest absolute Gasteiger partial charge is 0.225 e. The molecule has 2 aliphatic rings. The summed E-state index contributed by atoms with van der Waals surface area (Å²) in [5, 5.41) is 0. The quantitative estimate of drug-likeness (QED) is 0.774. The predicted molar refractivity (Wildman–Crippen MR) is 88.2 cm³/mol. The number of fused-ring (bicyclic) bond motifs is 2. The summed E-state index contributed by atoms with van der Waals surface area (Å²) in [4.78, 5) is 17.1. The summed E-state index contributed by atoms with van der Waals surface area (Å²) in [5.41, 5.74) is 0. The van der Waals surface area contributed by atoms with E-state index in [1.54, 1.807) is 0 Å². The van der Waals surface area contributed by atoms with Crippen molar-refractivity contribution in [1.82, 2.24) is 9.80 Å². The van der Waals surface area contributed by atoms with Crippen molar-refractivity contribution in [2.45, 2.75) is 84.3 Å². The van der Waals surface area contributed by atoms with Gasteiger partial charge in [-0.2, -0.15) is 0 Å². The highest BCUT2D eigenvalue weighted by atomic mass is 16.2. The van der Waals surface area contributed by atoms with Gasteiger partial charge < -0.3 is 4.90 Å². The Labute approximate surface area is 131 Å². The highest BCUT2D eigenvalue weighted by Crippen LogP contribution is 2.36. The van der Waals surface area contributed by atoms with Crippen LogP contribution in [-0.4, -0.2) is 47.4 Å². The van der Waals surface area contributed by atoms with Crippen molar-refractivity contribution >= 4 is 5.91 Å².